The predicted octanol–water partition coefficient (Wildman–Crippen LogP) is 2.33. The fourth-order valence-electron chi connectivity index (χ4n) is 2.36. The summed E-state index contributed by atoms with van der Waals surface area (Å²) >= 11 is 0. The normalized spacial score (nSPS) is 16.0. The lowest BCUT2D eigenvalue weighted by atomic mass is 10.0. The summed E-state index contributed by atoms with van der Waals surface area (Å²) in [5.74, 6) is -0.171. The van der Waals surface area contributed by atoms with Gasteiger partial charge in [-0.3, -0.25) is 9.78 Å². The molecule has 4 nitrogen and oxygen atoms in total. The van der Waals surface area contributed by atoms with E-state index in [1.807, 2.05) is 6.92 Å². The molecule has 2 aromatic rings. The molecule has 0 saturated heterocycles. The lowest BCUT2D eigenvalue weighted by Gasteiger charge is -2.14. The molecule has 0 bridgehead atoms. The third-order valence-electron chi connectivity index (χ3n) is 3.76. The highest BCUT2D eigenvalue weighted by Crippen LogP contribution is 2.40. The third-order valence-corrected chi connectivity index (χ3v) is 3.76. The molecule has 0 radical (unpaired) electrons. The van der Waals surface area contributed by atoms with Gasteiger partial charge in [0.2, 0.25) is 0 Å². The van der Waals surface area contributed by atoms with Gasteiger partial charge in [-0.1, -0.05) is 0 Å². The molecule has 1 aliphatic carbocycles. The number of aromatic nitrogens is 1. The van der Waals surface area contributed by atoms with Gasteiger partial charge in [0.15, 0.2) is 0 Å². The van der Waals surface area contributed by atoms with Crippen molar-refractivity contribution in [2.75, 3.05) is 6.54 Å². The highest BCUT2D eigenvalue weighted by Gasteiger charge is 2.27. The van der Waals surface area contributed by atoms with Crippen LogP contribution in [0.2, 0.25) is 0 Å². The fourth-order valence-corrected chi connectivity index (χ4v) is 2.36. The molecule has 0 aliphatic heterocycles. The second-order valence-electron chi connectivity index (χ2n) is 5.64. The van der Waals surface area contributed by atoms with E-state index in [-0.39, 0.29) is 17.8 Å². The average Bonchev–Trinajstić information content (AvgIpc) is 3.30. The first-order chi connectivity index (χ1) is 10.1. The zero-order valence-electron chi connectivity index (χ0n) is 11.9. The van der Waals surface area contributed by atoms with Crippen LogP contribution in [-0.4, -0.2) is 23.5 Å². The maximum Gasteiger partial charge on any atom is 0.252 e. The summed E-state index contributed by atoms with van der Waals surface area (Å²) in [5.41, 5.74) is 7.59. The van der Waals surface area contributed by atoms with Crippen LogP contribution in [0, 0.1) is 5.82 Å². The highest BCUT2D eigenvalue weighted by molar-refractivity contribution is 6.06. The fraction of sp³-hybridized carbons (Fsp3) is 0.375. The molecule has 1 atom stereocenters. The molecule has 1 aromatic heterocycles. The minimum Gasteiger partial charge on any atom is -0.348 e. The summed E-state index contributed by atoms with van der Waals surface area (Å²) in [7, 11) is 0. The summed E-state index contributed by atoms with van der Waals surface area (Å²) in [4.78, 5) is 17.0. The first-order valence-corrected chi connectivity index (χ1v) is 7.19. The van der Waals surface area contributed by atoms with Crippen molar-refractivity contribution in [1.29, 1.82) is 0 Å². The molecular formula is C16H18FN3O. The first-order valence-electron chi connectivity index (χ1n) is 7.19. The van der Waals surface area contributed by atoms with Gasteiger partial charge in [-0.2, -0.15) is 0 Å². The molecule has 1 aliphatic rings. The topological polar surface area (TPSA) is 68.0 Å². The van der Waals surface area contributed by atoms with E-state index in [1.165, 1.54) is 12.1 Å². The number of amides is 1. The molecule has 1 saturated carbocycles. The number of carbonyl (C=O) groups excluding carboxylic acids is 1. The van der Waals surface area contributed by atoms with Crippen molar-refractivity contribution in [2.45, 2.75) is 31.7 Å². The number of nitrogens with two attached hydrogens (primary N) is 1. The van der Waals surface area contributed by atoms with Crippen molar-refractivity contribution in [3.05, 3.63) is 41.3 Å². The number of nitrogens with zero attached hydrogens (tertiary/aromatic N) is 1. The van der Waals surface area contributed by atoms with Crippen LogP contribution in [0.15, 0.2) is 24.3 Å². The Hall–Kier alpha value is -2.01. The number of benzene rings is 1. The van der Waals surface area contributed by atoms with Crippen LogP contribution in [0.4, 0.5) is 4.39 Å². The second kappa shape index (κ2) is 5.41. The maximum absolute atomic E-state index is 13.5. The number of pyridine rings is 1. The van der Waals surface area contributed by atoms with Gasteiger partial charge in [-0.15, -0.1) is 0 Å². The molecule has 0 spiro atoms. The average molecular weight is 287 g/mol. The van der Waals surface area contributed by atoms with Gasteiger partial charge in [0.1, 0.15) is 5.82 Å². The van der Waals surface area contributed by atoms with Gasteiger partial charge in [-0.25, -0.2) is 4.39 Å². The predicted molar refractivity (Wildman–Crippen MR) is 79.7 cm³/mol. The minimum atomic E-state index is -0.371. The van der Waals surface area contributed by atoms with Crippen molar-refractivity contribution < 1.29 is 9.18 Å². The number of hydrogen-bond donors (Lipinski definition) is 2. The van der Waals surface area contributed by atoms with Gasteiger partial charge < -0.3 is 11.1 Å². The maximum atomic E-state index is 13.5. The van der Waals surface area contributed by atoms with Crippen LogP contribution < -0.4 is 11.1 Å². The summed E-state index contributed by atoms with van der Waals surface area (Å²) in [6, 6.07) is 6.02. The standard InChI is InChI=1S/C16H18FN3O/c1-9(8-18)19-16(21)13-7-15(10-2-3-10)20-14-5-4-11(17)6-12(13)14/h4-7,9-10H,2-3,8,18H2,1H3,(H,19,21)/t9-/m0/s1. The quantitative estimate of drug-likeness (QED) is 0.907. The molecule has 3 N–H and O–H groups in total. The summed E-state index contributed by atoms with van der Waals surface area (Å²) in [6.45, 7) is 2.20. The first kappa shape index (κ1) is 13.9. The van der Waals surface area contributed by atoms with Crippen LogP contribution in [0.25, 0.3) is 10.9 Å². The molecular weight excluding hydrogens is 269 g/mol. The number of carbonyl (C=O) groups is 1. The molecule has 1 heterocycles. The van der Waals surface area contributed by atoms with E-state index in [0.29, 0.717) is 28.9 Å². The molecule has 1 amide bonds. The Labute approximate surface area is 122 Å². The largest absolute Gasteiger partial charge is 0.348 e. The summed E-state index contributed by atoms with van der Waals surface area (Å²) in [5, 5.41) is 3.37. The number of hydrogen-bond acceptors (Lipinski definition) is 3. The Morgan fingerprint density at radius 3 is 2.90 bits per heavy atom. The molecule has 5 heteroatoms. The van der Waals surface area contributed by atoms with Gasteiger partial charge in [0, 0.05) is 29.6 Å². The van der Waals surface area contributed by atoms with Crippen LogP contribution in [0.5, 0.6) is 0 Å². The Balaban J connectivity index is 2.08. The SMILES string of the molecule is C[C@@H](CN)NC(=O)c1cc(C2CC2)nc2ccc(F)cc12. The molecule has 21 heavy (non-hydrogen) atoms. The lowest BCUT2D eigenvalue weighted by molar-refractivity contribution is 0.0943. The van der Waals surface area contributed by atoms with E-state index in [1.54, 1.807) is 12.1 Å². The molecule has 0 unspecified atom stereocenters. The number of nitrogens with one attached hydrogen (secondary N) is 1. The Bertz CT molecular complexity index is 697. The molecule has 3 rings (SSSR count). The van der Waals surface area contributed by atoms with Gasteiger partial charge in [-0.05, 0) is 44.0 Å². The lowest BCUT2D eigenvalue weighted by Crippen LogP contribution is -2.37. The van der Waals surface area contributed by atoms with E-state index in [0.717, 1.165) is 18.5 Å². The van der Waals surface area contributed by atoms with Crippen LogP contribution in [0.1, 0.15) is 41.7 Å². The number of halogens is 1. The highest BCUT2D eigenvalue weighted by atomic mass is 19.1. The zero-order chi connectivity index (χ0) is 15.0. The van der Waals surface area contributed by atoms with Crippen molar-refractivity contribution in [1.82, 2.24) is 10.3 Å². The number of fused-ring (bicyclic) bond motifs is 1. The van der Waals surface area contributed by atoms with E-state index in [2.05, 4.69) is 10.3 Å². The smallest absolute Gasteiger partial charge is 0.252 e. The summed E-state index contributed by atoms with van der Waals surface area (Å²) < 4.78 is 13.5. The Morgan fingerprint density at radius 1 is 1.48 bits per heavy atom. The van der Waals surface area contributed by atoms with Crippen molar-refractivity contribution in [3.8, 4) is 0 Å². The Morgan fingerprint density at radius 2 is 2.24 bits per heavy atom. The molecule has 1 fully saturated rings. The van der Waals surface area contributed by atoms with Gasteiger partial charge in [0.05, 0.1) is 11.1 Å². The monoisotopic (exact) mass is 287 g/mol. The van der Waals surface area contributed by atoms with E-state index >= 15 is 0 Å². The third kappa shape index (κ3) is 2.88. The zero-order valence-corrected chi connectivity index (χ0v) is 11.9. The van der Waals surface area contributed by atoms with E-state index in [4.69, 9.17) is 5.73 Å². The van der Waals surface area contributed by atoms with Crippen molar-refractivity contribution >= 4 is 16.8 Å². The molecule has 110 valence electrons. The van der Waals surface area contributed by atoms with E-state index < -0.39 is 0 Å². The summed E-state index contributed by atoms with van der Waals surface area (Å²) in [6.07, 6.45) is 2.19. The van der Waals surface area contributed by atoms with E-state index in [9.17, 15) is 9.18 Å². The second-order valence-corrected chi connectivity index (χ2v) is 5.64. The minimum absolute atomic E-state index is 0.126. The van der Waals surface area contributed by atoms with Crippen molar-refractivity contribution in [3.63, 3.8) is 0 Å². The van der Waals surface area contributed by atoms with Crippen LogP contribution in [-0.2, 0) is 0 Å². The van der Waals surface area contributed by atoms with Crippen LogP contribution >= 0.6 is 0 Å². The van der Waals surface area contributed by atoms with Gasteiger partial charge >= 0.3 is 0 Å². The van der Waals surface area contributed by atoms with Crippen molar-refractivity contribution in [2.24, 2.45) is 5.73 Å². The molecule has 1 aromatic carbocycles. The Kier molecular flexibility index (Phi) is 3.59. The van der Waals surface area contributed by atoms with Crippen LogP contribution in [0.3, 0.4) is 0 Å². The number of rotatable bonds is 4. The van der Waals surface area contributed by atoms with Gasteiger partial charge in [0.25, 0.3) is 5.91 Å².